The summed E-state index contributed by atoms with van der Waals surface area (Å²) in [6, 6.07) is 10.7. The van der Waals surface area contributed by atoms with Crippen molar-refractivity contribution in [1.29, 1.82) is 0 Å². The van der Waals surface area contributed by atoms with Gasteiger partial charge in [0.15, 0.2) is 0 Å². The van der Waals surface area contributed by atoms with E-state index in [0.717, 1.165) is 6.42 Å². The van der Waals surface area contributed by atoms with Crippen LogP contribution in [-0.4, -0.2) is 28.6 Å². The van der Waals surface area contributed by atoms with Crippen LogP contribution in [0, 0.1) is 0 Å². The summed E-state index contributed by atoms with van der Waals surface area (Å²) in [6.45, 7) is 8.04. The molecule has 2 rings (SSSR count). The number of hydrogen-bond acceptors (Lipinski definition) is 3. The average Bonchev–Trinajstić information content (AvgIpc) is 2.39. The minimum absolute atomic E-state index is 0.407. The molecule has 1 aromatic rings. The SMILES string of the molecule is CCO[Si](OCC)(OCC)C1CCC1c1ccccc1. The highest BCUT2D eigenvalue weighted by molar-refractivity contribution is 6.63. The maximum atomic E-state index is 6.06. The van der Waals surface area contributed by atoms with Crippen LogP contribution < -0.4 is 0 Å². The molecule has 1 fully saturated rings. The largest absolute Gasteiger partial charge is 0.504 e. The van der Waals surface area contributed by atoms with Gasteiger partial charge in [-0.15, -0.1) is 0 Å². The molecular formula is C16H26O3Si. The standard InChI is InChI=1S/C16H26O3Si/c1-4-17-20(18-5-2,19-6-3)16-13-12-15(16)14-10-8-7-9-11-14/h7-11,15-16H,4-6,12-13H2,1-3H3. The fourth-order valence-electron chi connectivity index (χ4n) is 3.07. The van der Waals surface area contributed by atoms with Gasteiger partial charge in [0.1, 0.15) is 0 Å². The molecule has 0 saturated heterocycles. The van der Waals surface area contributed by atoms with Gasteiger partial charge in [0, 0.05) is 25.4 Å². The van der Waals surface area contributed by atoms with Crippen molar-refractivity contribution < 1.29 is 13.3 Å². The Morgan fingerprint density at radius 3 is 1.85 bits per heavy atom. The van der Waals surface area contributed by atoms with E-state index >= 15 is 0 Å². The van der Waals surface area contributed by atoms with Gasteiger partial charge in [0.05, 0.1) is 0 Å². The van der Waals surface area contributed by atoms with E-state index < -0.39 is 8.80 Å². The summed E-state index contributed by atoms with van der Waals surface area (Å²) >= 11 is 0. The lowest BCUT2D eigenvalue weighted by Crippen LogP contribution is -2.54. The lowest BCUT2D eigenvalue weighted by Gasteiger charge is -2.45. The van der Waals surface area contributed by atoms with Gasteiger partial charge in [0.25, 0.3) is 0 Å². The van der Waals surface area contributed by atoms with E-state index in [1.807, 2.05) is 20.8 Å². The Kier molecular flexibility index (Phi) is 5.78. The van der Waals surface area contributed by atoms with Crippen LogP contribution >= 0.6 is 0 Å². The minimum Gasteiger partial charge on any atom is -0.374 e. The molecule has 1 saturated carbocycles. The zero-order valence-electron chi connectivity index (χ0n) is 12.8. The van der Waals surface area contributed by atoms with Crippen LogP contribution in [0.5, 0.6) is 0 Å². The quantitative estimate of drug-likeness (QED) is 0.679. The van der Waals surface area contributed by atoms with Gasteiger partial charge in [-0.05, 0) is 45.1 Å². The predicted octanol–water partition coefficient (Wildman–Crippen LogP) is 3.98. The Bertz CT molecular complexity index is 379. The molecule has 112 valence electrons. The molecule has 0 radical (unpaired) electrons. The fraction of sp³-hybridized carbons (Fsp3) is 0.625. The second-order valence-electron chi connectivity index (χ2n) is 5.10. The zero-order valence-corrected chi connectivity index (χ0v) is 13.8. The van der Waals surface area contributed by atoms with Gasteiger partial charge < -0.3 is 13.3 Å². The second-order valence-corrected chi connectivity index (χ2v) is 7.92. The van der Waals surface area contributed by atoms with Crippen molar-refractivity contribution in [3.8, 4) is 0 Å². The van der Waals surface area contributed by atoms with Crippen LogP contribution in [0.3, 0.4) is 0 Å². The lowest BCUT2D eigenvalue weighted by atomic mass is 9.79. The molecule has 0 spiro atoms. The van der Waals surface area contributed by atoms with Crippen LogP contribution in [0.15, 0.2) is 30.3 Å². The van der Waals surface area contributed by atoms with Gasteiger partial charge in [0.2, 0.25) is 0 Å². The number of rotatable bonds is 8. The molecule has 0 heterocycles. The first-order valence-electron chi connectivity index (χ1n) is 7.74. The molecule has 1 aromatic carbocycles. The van der Waals surface area contributed by atoms with E-state index in [0.29, 0.717) is 31.3 Å². The third-order valence-corrected chi connectivity index (χ3v) is 7.67. The third kappa shape index (κ3) is 3.14. The third-order valence-electron chi connectivity index (χ3n) is 3.99. The Hall–Kier alpha value is -0.683. The smallest absolute Gasteiger partial charge is 0.374 e. The zero-order chi connectivity index (χ0) is 14.4. The van der Waals surface area contributed by atoms with Gasteiger partial charge in [-0.1, -0.05) is 30.3 Å². The molecule has 2 atom stereocenters. The van der Waals surface area contributed by atoms with Gasteiger partial charge in [-0.3, -0.25) is 0 Å². The molecule has 0 amide bonds. The Morgan fingerprint density at radius 2 is 1.45 bits per heavy atom. The Labute approximate surface area is 123 Å². The molecule has 0 bridgehead atoms. The van der Waals surface area contributed by atoms with Crippen LogP contribution in [0.2, 0.25) is 5.54 Å². The van der Waals surface area contributed by atoms with Gasteiger partial charge in [-0.25, -0.2) is 0 Å². The highest BCUT2D eigenvalue weighted by Crippen LogP contribution is 2.53. The summed E-state index contributed by atoms with van der Waals surface area (Å²) in [5.41, 5.74) is 1.80. The van der Waals surface area contributed by atoms with Gasteiger partial charge >= 0.3 is 8.80 Å². The van der Waals surface area contributed by atoms with E-state index in [4.69, 9.17) is 13.3 Å². The first-order valence-corrected chi connectivity index (χ1v) is 9.54. The van der Waals surface area contributed by atoms with E-state index in [-0.39, 0.29) is 0 Å². The van der Waals surface area contributed by atoms with Crippen molar-refractivity contribution in [1.82, 2.24) is 0 Å². The lowest BCUT2D eigenvalue weighted by molar-refractivity contribution is 0.0465. The maximum Gasteiger partial charge on any atom is 0.504 e. The van der Waals surface area contributed by atoms with Crippen molar-refractivity contribution in [2.75, 3.05) is 19.8 Å². The summed E-state index contributed by atoms with van der Waals surface area (Å²) in [7, 11) is -2.56. The highest BCUT2D eigenvalue weighted by atomic mass is 28.4. The van der Waals surface area contributed by atoms with Gasteiger partial charge in [-0.2, -0.15) is 0 Å². The van der Waals surface area contributed by atoms with Crippen LogP contribution in [0.1, 0.15) is 45.1 Å². The van der Waals surface area contributed by atoms with Crippen molar-refractivity contribution in [2.45, 2.75) is 45.1 Å². The molecule has 1 aliphatic rings. The van der Waals surface area contributed by atoms with E-state index in [9.17, 15) is 0 Å². The number of hydrogen-bond donors (Lipinski definition) is 0. The second kappa shape index (κ2) is 7.36. The summed E-state index contributed by atoms with van der Waals surface area (Å²) in [6.07, 6.45) is 2.35. The summed E-state index contributed by atoms with van der Waals surface area (Å²) in [5.74, 6) is 0.521. The van der Waals surface area contributed by atoms with Crippen LogP contribution in [-0.2, 0) is 13.3 Å². The number of benzene rings is 1. The molecule has 0 aliphatic heterocycles. The van der Waals surface area contributed by atoms with Crippen molar-refractivity contribution >= 4 is 8.80 Å². The predicted molar refractivity (Wildman–Crippen MR) is 82.8 cm³/mol. The average molecular weight is 294 g/mol. The van der Waals surface area contributed by atoms with E-state index in [1.54, 1.807) is 0 Å². The monoisotopic (exact) mass is 294 g/mol. The molecule has 0 N–H and O–H groups in total. The highest BCUT2D eigenvalue weighted by Gasteiger charge is 2.56. The molecule has 1 aliphatic carbocycles. The van der Waals surface area contributed by atoms with Crippen LogP contribution in [0.4, 0.5) is 0 Å². The molecule has 0 aromatic heterocycles. The van der Waals surface area contributed by atoms with Crippen LogP contribution in [0.25, 0.3) is 0 Å². The molecular weight excluding hydrogens is 268 g/mol. The first-order chi connectivity index (χ1) is 9.77. The van der Waals surface area contributed by atoms with E-state index in [2.05, 4.69) is 30.3 Å². The van der Waals surface area contributed by atoms with Crippen molar-refractivity contribution in [2.24, 2.45) is 0 Å². The normalized spacial score (nSPS) is 22.6. The molecule has 4 heteroatoms. The summed E-state index contributed by atoms with van der Waals surface area (Å²) < 4.78 is 18.2. The Balaban J connectivity index is 2.20. The van der Waals surface area contributed by atoms with Crippen molar-refractivity contribution in [3.63, 3.8) is 0 Å². The maximum absolute atomic E-state index is 6.06. The Morgan fingerprint density at radius 1 is 0.900 bits per heavy atom. The topological polar surface area (TPSA) is 27.7 Å². The molecule has 3 nitrogen and oxygen atoms in total. The first kappa shape index (κ1) is 15.7. The van der Waals surface area contributed by atoms with E-state index in [1.165, 1.54) is 12.0 Å². The molecule has 2 unspecified atom stereocenters. The fourth-order valence-corrected chi connectivity index (χ4v) is 6.54. The summed E-state index contributed by atoms with van der Waals surface area (Å²) in [5, 5.41) is 0. The molecule has 20 heavy (non-hydrogen) atoms. The van der Waals surface area contributed by atoms with Crippen molar-refractivity contribution in [3.05, 3.63) is 35.9 Å². The summed E-state index contributed by atoms with van der Waals surface area (Å²) in [4.78, 5) is 0. The minimum atomic E-state index is -2.56.